The van der Waals surface area contributed by atoms with Gasteiger partial charge >= 0.3 is 6.18 Å². The molecule has 0 spiro atoms. The number of aryl methyl sites for hydroxylation is 1. The highest BCUT2D eigenvalue weighted by atomic mass is 19.4. The van der Waals surface area contributed by atoms with Crippen molar-refractivity contribution in [2.75, 3.05) is 45.2 Å². The van der Waals surface area contributed by atoms with Crippen molar-refractivity contribution in [3.05, 3.63) is 59.2 Å². The Kier molecular flexibility index (Phi) is 9.99. The topological polar surface area (TPSA) is 73.3 Å². The zero-order chi connectivity index (χ0) is 31.5. The SMILES string of the molecule is Cc1cc(N2CCC(CC3CCN(C(=O)C(O)(c4cccc(OC(C)C)c4)C(F)(F)F)CC3)CC2)ccc1C(=O)N(C)C. The molecule has 2 aliphatic heterocycles. The van der Waals surface area contributed by atoms with Crippen molar-refractivity contribution in [2.45, 2.75) is 70.8 Å². The largest absolute Gasteiger partial charge is 0.491 e. The van der Waals surface area contributed by atoms with Crippen molar-refractivity contribution in [2.24, 2.45) is 11.8 Å². The Balaban J connectivity index is 1.32. The van der Waals surface area contributed by atoms with Crippen LogP contribution in [0.2, 0.25) is 0 Å². The summed E-state index contributed by atoms with van der Waals surface area (Å²) in [5, 5.41) is 10.9. The van der Waals surface area contributed by atoms with Crippen LogP contribution in [0, 0.1) is 18.8 Å². The zero-order valence-electron chi connectivity index (χ0n) is 25.8. The Bertz CT molecular complexity index is 1280. The van der Waals surface area contributed by atoms with Gasteiger partial charge in [-0.1, -0.05) is 12.1 Å². The van der Waals surface area contributed by atoms with E-state index in [-0.39, 0.29) is 30.9 Å². The van der Waals surface area contributed by atoms with E-state index in [2.05, 4.69) is 11.0 Å². The maximum Gasteiger partial charge on any atom is 0.430 e. The van der Waals surface area contributed by atoms with Gasteiger partial charge in [-0.05, 0) is 101 Å². The second kappa shape index (κ2) is 13.2. The molecule has 0 aromatic heterocycles. The average molecular weight is 604 g/mol. The number of rotatable bonds is 8. The van der Waals surface area contributed by atoms with Crippen molar-refractivity contribution in [1.82, 2.24) is 9.80 Å². The number of aliphatic hydroxyl groups is 1. The van der Waals surface area contributed by atoms with E-state index >= 15 is 0 Å². The molecule has 0 bridgehead atoms. The molecule has 7 nitrogen and oxygen atoms in total. The van der Waals surface area contributed by atoms with E-state index in [0.717, 1.165) is 60.6 Å². The molecular formula is C33H44F3N3O4. The first-order valence-electron chi connectivity index (χ1n) is 15.1. The first kappa shape index (κ1) is 32.6. The minimum absolute atomic E-state index is 0.0102. The van der Waals surface area contributed by atoms with Crippen LogP contribution in [0.3, 0.4) is 0 Å². The fraction of sp³-hybridized carbons (Fsp3) is 0.576. The standard InChI is InChI=1S/C33H44F3N3O4/c1-22(2)43-28-8-6-7-26(21-28)32(42,33(34,35)36)31(41)39-17-13-25(14-18-39)20-24-11-15-38(16-12-24)27-9-10-29(23(3)19-27)30(40)37(4)5/h6-10,19,21-22,24-25,42H,11-18,20H2,1-5H3. The molecule has 0 aliphatic carbocycles. The summed E-state index contributed by atoms with van der Waals surface area (Å²) >= 11 is 0. The number of carbonyl (C=O) groups is 2. The molecule has 1 atom stereocenters. The average Bonchev–Trinajstić information content (AvgIpc) is 2.96. The molecule has 0 saturated carbocycles. The van der Waals surface area contributed by atoms with Crippen molar-refractivity contribution >= 4 is 17.5 Å². The van der Waals surface area contributed by atoms with Gasteiger partial charge in [0.15, 0.2) is 0 Å². The molecule has 2 amide bonds. The molecule has 0 radical (unpaired) electrons. The molecule has 2 saturated heterocycles. The fourth-order valence-electron chi connectivity index (χ4n) is 6.30. The Morgan fingerprint density at radius 1 is 0.977 bits per heavy atom. The van der Waals surface area contributed by atoms with Gasteiger partial charge in [0.05, 0.1) is 6.10 Å². The summed E-state index contributed by atoms with van der Waals surface area (Å²) in [5.41, 5.74) is -1.41. The van der Waals surface area contributed by atoms with Gasteiger partial charge in [0.2, 0.25) is 0 Å². The second-order valence-electron chi connectivity index (χ2n) is 12.5. The highest BCUT2D eigenvalue weighted by Crippen LogP contribution is 2.42. The van der Waals surface area contributed by atoms with Gasteiger partial charge in [-0.2, -0.15) is 13.2 Å². The van der Waals surface area contributed by atoms with E-state index in [0.29, 0.717) is 30.2 Å². The third kappa shape index (κ3) is 7.28. The molecule has 2 aromatic rings. The minimum atomic E-state index is -5.19. The third-order valence-electron chi connectivity index (χ3n) is 8.74. The van der Waals surface area contributed by atoms with Crippen molar-refractivity contribution in [3.8, 4) is 5.75 Å². The monoisotopic (exact) mass is 603 g/mol. The first-order chi connectivity index (χ1) is 20.2. The highest BCUT2D eigenvalue weighted by Gasteiger charge is 2.62. The Labute approximate surface area is 252 Å². The highest BCUT2D eigenvalue weighted by molar-refractivity contribution is 5.95. The van der Waals surface area contributed by atoms with Gasteiger partial charge in [-0.25, -0.2) is 0 Å². The van der Waals surface area contributed by atoms with Crippen LogP contribution in [0.1, 0.15) is 67.4 Å². The number of hydrogen-bond donors (Lipinski definition) is 1. The van der Waals surface area contributed by atoms with E-state index in [9.17, 15) is 27.9 Å². The van der Waals surface area contributed by atoms with Crippen LogP contribution in [0.4, 0.5) is 18.9 Å². The van der Waals surface area contributed by atoms with Crippen LogP contribution < -0.4 is 9.64 Å². The number of nitrogens with zero attached hydrogens (tertiary/aromatic N) is 3. The number of likely N-dealkylation sites (tertiary alicyclic amines) is 1. The molecule has 1 unspecified atom stereocenters. The number of alkyl halides is 3. The van der Waals surface area contributed by atoms with Crippen LogP contribution in [-0.2, 0) is 10.4 Å². The fourth-order valence-corrected chi connectivity index (χ4v) is 6.30. The quantitative estimate of drug-likeness (QED) is 0.414. The van der Waals surface area contributed by atoms with E-state index in [1.807, 2.05) is 19.1 Å². The number of benzene rings is 2. The molecule has 1 N–H and O–H groups in total. The molecule has 2 fully saturated rings. The smallest absolute Gasteiger partial charge is 0.430 e. The lowest BCUT2D eigenvalue weighted by molar-refractivity contribution is -0.262. The Morgan fingerprint density at radius 3 is 2.12 bits per heavy atom. The Hall–Kier alpha value is -3.27. The van der Waals surface area contributed by atoms with Gasteiger partial charge in [-0.15, -0.1) is 0 Å². The molecule has 236 valence electrons. The van der Waals surface area contributed by atoms with Crippen LogP contribution >= 0.6 is 0 Å². The van der Waals surface area contributed by atoms with Gasteiger partial charge in [0.25, 0.3) is 17.4 Å². The predicted octanol–water partition coefficient (Wildman–Crippen LogP) is 5.78. The molecule has 43 heavy (non-hydrogen) atoms. The summed E-state index contributed by atoms with van der Waals surface area (Å²) in [7, 11) is 3.49. The van der Waals surface area contributed by atoms with Gasteiger partial charge in [0.1, 0.15) is 5.75 Å². The Morgan fingerprint density at radius 2 is 1.58 bits per heavy atom. The molecule has 4 rings (SSSR count). The van der Waals surface area contributed by atoms with Crippen molar-refractivity contribution < 1.29 is 32.6 Å². The number of ether oxygens (including phenoxy) is 1. The maximum atomic E-state index is 14.3. The van der Waals surface area contributed by atoms with Crippen LogP contribution in [0.25, 0.3) is 0 Å². The summed E-state index contributed by atoms with van der Waals surface area (Å²) in [4.78, 5) is 30.7. The van der Waals surface area contributed by atoms with E-state index in [4.69, 9.17) is 4.74 Å². The number of carbonyl (C=O) groups excluding carboxylic acids is 2. The third-order valence-corrected chi connectivity index (χ3v) is 8.74. The lowest BCUT2D eigenvalue weighted by Gasteiger charge is -2.40. The second-order valence-corrected chi connectivity index (χ2v) is 12.5. The van der Waals surface area contributed by atoms with E-state index in [1.54, 1.807) is 32.8 Å². The lowest BCUT2D eigenvalue weighted by Crippen LogP contribution is -2.57. The zero-order valence-corrected chi connectivity index (χ0v) is 25.8. The number of amides is 2. The normalized spacial score (nSPS) is 18.5. The summed E-state index contributed by atoms with van der Waals surface area (Å²) < 4.78 is 48.4. The summed E-state index contributed by atoms with van der Waals surface area (Å²) in [6, 6.07) is 11.1. The number of hydrogen-bond acceptors (Lipinski definition) is 5. The summed E-state index contributed by atoms with van der Waals surface area (Å²) in [6.45, 7) is 7.62. The van der Waals surface area contributed by atoms with E-state index < -0.39 is 23.2 Å². The first-order valence-corrected chi connectivity index (χ1v) is 15.1. The van der Waals surface area contributed by atoms with E-state index in [1.165, 1.54) is 12.1 Å². The molecule has 2 heterocycles. The van der Waals surface area contributed by atoms with Crippen LogP contribution in [0.15, 0.2) is 42.5 Å². The van der Waals surface area contributed by atoms with Gasteiger partial charge in [0, 0.05) is 57.1 Å². The molecule has 10 heteroatoms. The van der Waals surface area contributed by atoms with Crippen molar-refractivity contribution in [3.63, 3.8) is 0 Å². The summed E-state index contributed by atoms with van der Waals surface area (Å²) in [5.74, 6) is -0.346. The summed E-state index contributed by atoms with van der Waals surface area (Å²) in [6.07, 6.45) is -1.24. The number of halogens is 3. The molecule has 2 aliphatic rings. The van der Waals surface area contributed by atoms with Crippen LogP contribution in [-0.4, -0.2) is 79.3 Å². The van der Waals surface area contributed by atoms with Crippen molar-refractivity contribution in [1.29, 1.82) is 0 Å². The number of anilines is 1. The predicted molar refractivity (Wildman–Crippen MR) is 160 cm³/mol. The molecular weight excluding hydrogens is 559 g/mol. The van der Waals surface area contributed by atoms with Gasteiger partial charge in [-0.3, -0.25) is 9.59 Å². The minimum Gasteiger partial charge on any atom is -0.491 e. The van der Waals surface area contributed by atoms with Gasteiger partial charge < -0.3 is 24.5 Å². The van der Waals surface area contributed by atoms with Crippen LogP contribution in [0.5, 0.6) is 5.75 Å². The maximum absolute atomic E-state index is 14.3. The lowest BCUT2D eigenvalue weighted by atomic mass is 9.82. The number of piperidine rings is 2. The molecule has 2 aromatic carbocycles.